The molecule has 0 atom stereocenters. The van der Waals surface area contributed by atoms with Crippen molar-refractivity contribution in [2.24, 2.45) is 5.16 Å². The molecule has 23 heavy (non-hydrogen) atoms. The maximum absolute atomic E-state index is 11.3. The lowest BCUT2D eigenvalue weighted by atomic mass is 10.3. The van der Waals surface area contributed by atoms with E-state index >= 15 is 0 Å². The zero-order chi connectivity index (χ0) is 17.8. The molecule has 0 saturated carbocycles. The molecule has 0 aromatic carbocycles. The molecule has 2 N–H and O–H groups in total. The summed E-state index contributed by atoms with van der Waals surface area (Å²) in [7, 11) is 0. The minimum atomic E-state index is -1.46. The highest BCUT2D eigenvalue weighted by Crippen LogP contribution is 2.02. The van der Waals surface area contributed by atoms with Crippen molar-refractivity contribution in [3.05, 3.63) is 0 Å². The van der Waals surface area contributed by atoms with E-state index in [1.54, 1.807) is 0 Å². The Morgan fingerprint density at radius 2 is 1.26 bits per heavy atom. The quantitative estimate of drug-likeness (QED) is 0.127. The zero-order valence-corrected chi connectivity index (χ0v) is 11.9. The number of ether oxygens (including phenoxy) is 2. The highest BCUT2D eigenvalue weighted by Gasteiger charge is 2.15. The van der Waals surface area contributed by atoms with Gasteiger partial charge in [-0.25, -0.2) is 0 Å². The van der Waals surface area contributed by atoms with Crippen LogP contribution in [0, 0.1) is 0 Å². The predicted molar refractivity (Wildman–Crippen MR) is 66.8 cm³/mol. The van der Waals surface area contributed by atoms with Gasteiger partial charge in [-0.05, 0) is 6.42 Å². The van der Waals surface area contributed by atoms with Crippen LogP contribution in [0.25, 0.3) is 0 Å². The molecule has 0 aliphatic carbocycles. The van der Waals surface area contributed by atoms with Gasteiger partial charge in [-0.3, -0.25) is 19.2 Å². The molecule has 0 radical (unpaired) electrons. The molecule has 0 aromatic rings. The van der Waals surface area contributed by atoms with E-state index in [0.29, 0.717) is 0 Å². The van der Waals surface area contributed by atoms with Gasteiger partial charge in [0.25, 0.3) is 0 Å². The molecule has 0 aliphatic rings. The van der Waals surface area contributed by atoms with Gasteiger partial charge < -0.3 is 29.7 Å². The van der Waals surface area contributed by atoms with Gasteiger partial charge in [0.15, 0.2) is 0 Å². The predicted octanol–water partition coefficient (Wildman–Crippen LogP) is -1.44. The highest BCUT2D eigenvalue weighted by atomic mass is 16.6. The number of nitrogens with zero attached hydrogens (tertiary/aromatic N) is 1. The molecule has 0 spiro atoms. The fourth-order valence-corrected chi connectivity index (χ4v) is 1.16. The fourth-order valence-electron chi connectivity index (χ4n) is 1.16. The van der Waals surface area contributed by atoms with Gasteiger partial charge >= 0.3 is 23.9 Å². The Labute approximate surface area is 129 Å². The Kier molecular flexibility index (Phi) is 9.32. The van der Waals surface area contributed by atoms with Crippen molar-refractivity contribution in [1.82, 2.24) is 0 Å². The van der Waals surface area contributed by atoms with Gasteiger partial charge in [0, 0.05) is 12.4 Å². The number of aliphatic carboxylic acids is 2. The maximum Gasteiger partial charge on any atom is 0.314 e. The molecule has 128 valence electrons. The normalized spacial score (nSPS) is 10.7. The van der Waals surface area contributed by atoms with Gasteiger partial charge in [-0.15, -0.1) is 0 Å². The molecule has 11 heteroatoms. The number of esters is 3. The first-order valence-corrected chi connectivity index (χ1v) is 6.31. The average molecular weight is 332 g/mol. The molecule has 0 bridgehead atoms. The topological polar surface area (TPSA) is 180 Å². The van der Waals surface area contributed by atoms with Crippen molar-refractivity contribution >= 4 is 35.7 Å². The van der Waals surface area contributed by atoms with Crippen LogP contribution in [0.1, 0.15) is 38.5 Å². The van der Waals surface area contributed by atoms with E-state index in [0.717, 1.165) is 0 Å². The zero-order valence-electron chi connectivity index (χ0n) is 11.9. The van der Waals surface area contributed by atoms with Crippen molar-refractivity contribution in [2.45, 2.75) is 38.5 Å². The van der Waals surface area contributed by atoms with Crippen LogP contribution in [0.4, 0.5) is 0 Å². The van der Waals surface area contributed by atoms with Crippen molar-refractivity contribution < 1.29 is 48.9 Å². The summed E-state index contributed by atoms with van der Waals surface area (Å²) in [5.74, 6) is -6.34. The van der Waals surface area contributed by atoms with E-state index in [1.165, 1.54) is 0 Å². The summed E-state index contributed by atoms with van der Waals surface area (Å²) in [6.07, 6.45) is -2.95. The Hall–Kier alpha value is -2.98. The lowest BCUT2D eigenvalue weighted by Gasteiger charge is -2.06. The molecule has 0 rings (SSSR count). The Bertz CT molecular complexity index is 510. The van der Waals surface area contributed by atoms with E-state index < -0.39 is 74.3 Å². The standard InChI is InChI=1S/C12H15NO10/c14-8(15)2-5-10(18)22-7(13-21)1-4-11(19)23-12(20)6-3-9(16)17/h21H,1-6H2,(H,14,15)(H,16,17)/p-1/b13-7-. The van der Waals surface area contributed by atoms with Crippen LogP contribution in [0.5, 0.6) is 0 Å². The van der Waals surface area contributed by atoms with E-state index in [4.69, 9.17) is 10.3 Å². The van der Waals surface area contributed by atoms with E-state index in [9.17, 15) is 29.1 Å². The molecule has 11 nitrogen and oxygen atoms in total. The summed E-state index contributed by atoms with van der Waals surface area (Å²) in [5, 5.41) is 29.7. The van der Waals surface area contributed by atoms with Crippen molar-refractivity contribution in [3.8, 4) is 0 Å². The number of oxime groups is 1. The van der Waals surface area contributed by atoms with Gasteiger partial charge in [-0.1, -0.05) is 5.16 Å². The number of carbonyl (C=O) groups excluding carboxylic acids is 4. The van der Waals surface area contributed by atoms with Crippen LogP contribution >= 0.6 is 0 Å². The molecule has 0 saturated heterocycles. The highest BCUT2D eigenvalue weighted by molar-refractivity contribution is 5.92. The third-order valence-electron chi connectivity index (χ3n) is 2.19. The second-order valence-electron chi connectivity index (χ2n) is 4.08. The number of carboxylic acid groups (broad SMARTS) is 2. The van der Waals surface area contributed by atoms with Crippen molar-refractivity contribution in [2.75, 3.05) is 0 Å². The summed E-state index contributed by atoms with van der Waals surface area (Å²) < 4.78 is 8.76. The van der Waals surface area contributed by atoms with Crippen molar-refractivity contribution in [3.63, 3.8) is 0 Å². The number of carbonyl (C=O) groups is 5. The second-order valence-corrected chi connectivity index (χ2v) is 4.08. The van der Waals surface area contributed by atoms with Gasteiger partial charge in [0.1, 0.15) is 0 Å². The van der Waals surface area contributed by atoms with Crippen LogP contribution in [0.3, 0.4) is 0 Å². The summed E-state index contributed by atoms with van der Waals surface area (Å²) in [6, 6.07) is 0. The van der Waals surface area contributed by atoms with Crippen molar-refractivity contribution in [1.29, 1.82) is 0 Å². The lowest BCUT2D eigenvalue weighted by Crippen LogP contribution is -2.24. The number of hydrogen-bond acceptors (Lipinski definition) is 10. The first-order valence-electron chi connectivity index (χ1n) is 6.31. The molecule has 0 amide bonds. The monoisotopic (exact) mass is 332 g/mol. The smallest absolute Gasteiger partial charge is 0.314 e. The second kappa shape index (κ2) is 10.7. The summed E-state index contributed by atoms with van der Waals surface area (Å²) >= 11 is 0. The Morgan fingerprint density at radius 3 is 1.74 bits per heavy atom. The maximum atomic E-state index is 11.3. The Balaban J connectivity index is 4.13. The Morgan fingerprint density at radius 1 is 0.783 bits per heavy atom. The fraction of sp³-hybridized carbons (Fsp3) is 0.500. The summed E-state index contributed by atoms with van der Waals surface area (Å²) in [5.41, 5.74) is 0. The molecule has 0 heterocycles. The third-order valence-corrected chi connectivity index (χ3v) is 2.19. The summed E-state index contributed by atoms with van der Waals surface area (Å²) in [6.45, 7) is 0. The molecular formula is C12H14NO10-. The van der Waals surface area contributed by atoms with Crippen LogP contribution in [-0.4, -0.2) is 46.1 Å². The van der Waals surface area contributed by atoms with E-state index in [2.05, 4.69) is 14.6 Å². The lowest BCUT2D eigenvalue weighted by molar-refractivity contribution is -0.305. The molecule has 0 aliphatic heterocycles. The molecule has 0 unspecified atom stereocenters. The third kappa shape index (κ3) is 11.4. The minimum absolute atomic E-state index is 0.390. The van der Waals surface area contributed by atoms with E-state index in [1.807, 2.05) is 0 Å². The number of rotatable bonds is 9. The molecular weight excluding hydrogens is 318 g/mol. The first kappa shape index (κ1) is 20.0. The van der Waals surface area contributed by atoms with Gasteiger partial charge in [-0.2, -0.15) is 0 Å². The minimum Gasteiger partial charge on any atom is -0.550 e. The van der Waals surface area contributed by atoms with E-state index in [-0.39, 0.29) is 0 Å². The largest absolute Gasteiger partial charge is 0.550 e. The molecule has 0 aromatic heterocycles. The number of hydrogen-bond donors (Lipinski definition) is 2. The van der Waals surface area contributed by atoms with Gasteiger partial charge in [0.2, 0.25) is 5.90 Å². The molecule has 0 fully saturated rings. The summed E-state index contributed by atoms with van der Waals surface area (Å²) in [4.78, 5) is 53.8. The van der Waals surface area contributed by atoms with Crippen LogP contribution in [-0.2, 0) is 33.4 Å². The number of carboxylic acids is 2. The van der Waals surface area contributed by atoms with Crippen LogP contribution < -0.4 is 5.11 Å². The van der Waals surface area contributed by atoms with Crippen LogP contribution in [0.15, 0.2) is 5.16 Å². The van der Waals surface area contributed by atoms with Gasteiger partial charge in [0.05, 0.1) is 25.7 Å². The van der Waals surface area contributed by atoms with Crippen LogP contribution in [0.2, 0.25) is 0 Å². The first-order chi connectivity index (χ1) is 10.7. The SMILES string of the molecule is O=C([O-])CCC(=O)O/C(CCC(=O)OC(=O)CCC(=O)O)=N\O. The average Bonchev–Trinajstić information content (AvgIpc) is 2.47.